The van der Waals surface area contributed by atoms with Crippen molar-refractivity contribution < 1.29 is 13.2 Å². The summed E-state index contributed by atoms with van der Waals surface area (Å²) in [6, 6.07) is 8.20. The Hall–Kier alpha value is -1.40. The van der Waals surface area contributed by atoms with E-state index in [4.69, 9.17) is 0 Å². The summed E-state index contributed by atoms with van der Waals surface area (Å²) in [7, 11) is -1.55. The van der Waals surface area contributed by atoms with E-state index < -0.39 is 10.0 Å². The van der Waals surface area contributed by atoms with Crippen LogP contribution >= 0.6 is 0 Å². The van der Waals surface area contributed by atoms with Gasteiger partial charge in [0.05, 0.1) is 5.75 Å². The van der Waals surface area contributed by atoms with Crippen molar-refractivity contribution in [2.24, 2.45) is 5.92 Å². The zero-order valence-corrected chi connectivity index (χ0v) is 14.9. The number of rotatable bonds is 8. The maximum Gasteiger partial charge on any atom is 0.223 e. The molecule has 1 aliphatic rings. The van der Waals surface area contributed by atoms with Crippen LogP contribution in [0.3, 0.4) is 0 Å². The number of nitrogens with one attached hydrogen (secondary N) is 1. The molecule has 1 aliphatic carbocycles. The van der Waals surface area contributed by atoms with E-state index >= 15 is 0 Å². The molecule has 1 N–H and O–H groups in total. The molecule has 1 fully saturated rings. The number of aryl methyl sites for hydroxylation is 1. The van der Waals surface area contributed by atoms with Crippen LogP contribution in [-0.2, 0) is 14.8 Å². The lowest BCUT2D eigenvalue weighted by molar-refractivity contribution is -0.122. The third kappa shape index (κ3) is 4.54. The fourth-order valence-corrected chi connectivity index (χ4v) is 3.68. The van der Waals surface area contributed by atoms with E-state index in [2.05, 4.69) is 24.4 Å². The number of hydrogen-bond acceptors (Lipinski definition) is 3. The molecule has 0 aliphatic heterocycles. The quantitative estimate of drug-likeness (QED) is 0.736. The van der Waals surface area contributed by atoms with Gasteiger partial charge in [-0.3, -0.25) is 4.79 Å². The predicted molar refractivity (Wildman–Crippen MR) is 91.7 cm³/mol. The normalized spacial score (nSPS) is 20.5. The summed E-state index contributed by atoms with van der Waals surface area (Å²) in [6.07, 6.45) is 1.53. The van der Waals surface area contributed by atoms with Gasteiger partial charge in [-0.25, -0.2) is 12.7 Å². The van der Waals surface area contributed by atoms with Crippen molar-refractivity contribution in [3.8, 4) is 0 Å². The average molecular weight is 338 g/mol. The minimum absolute atomic E-state index is 0.0632. The first kappa shape index (κ1) is 17.9. The summed E-state index contributed by atoms with van der Waals surface area (Å²) in [6.45, 7) is 4.65. The first-order chi connectivity index (χ1) is 10.9. The average Bonchev–Trinajstić information content (AvgIpc) is 3.32. The Bertz CT molecular complexity index is 658. The van der Waals surface area contributed by atoms with Crippen molar-refractivity contribution in [2.45, 2.75) is 32.6 Å². The second-order valence-electron chi connectivity index (χ2n) is 6.17. The molecule has 1 aromatic carbocycles. The van der Waals surface area contributed by atoms with Crippen LogP contribution < -0.4 is 5.32 Å². The molecule has 2 rings (SSSR count). The molecule has 23 heavy (non-hydrogen) atoms. The zero-order valence-electron chi connectivity index (χ0n) is 14.1. The van der Waals surface area contributed by atoms with Gasteiger partial charge in [-0.05, 0) is 43.7 Å². The van der Waals surface area contributed by atoms with Gasteiger partial charge in [0.1, 0.15) is 0 Å². The maximum atomic E-state index is 12.2. The SMILES string of the molecule is CCS(=O)(=O)N(C)CCCNC(=O)C1CC1c1ccccc1C. The van der Waals surface area contributed by atoms with E-state index in [1.807, 2.05) is 12.1 Å². The smallest absolute Gasteiger partial charge is 0.223 e. The van der Waals surface area contributed by atoms with Gasteiger partial charge in [-0.1, -0.05) is 24.3 Å². The zero-order chi connectivity index (χ0) is 17.0. The number of carbonyl (C=O) groups is 1. The Morgan fingerprint density at radius 1 is 1.35 bits per heavy atom. The van der Waals surface area contributed by atoms with Crippen LogP contribution in [-0.4, -0.2) is 44.5 Å². The molecule has 0 bridgehead atoms. The van der Waals surface area contributed by atoms with Crippen LogP contribution in [0.25, 0.3) is 0 Å². The Morgan fingerprint density at radius 2 is 2.04 bits per heavy atom. The minimum Gasteiger partial charge on any atom is -0.356 e. The Morgan fingerprint density at radius 3 is 2.70 bits per heavy atom. The van der Waals surface area contributed by atoms with Gasteiger partial charge in [-0.2, -0.15) is 0 Å². The molecule has 1 amide bonds. The molecule has 0 spiro atoms. The van der Waals surface area contributed by atoms with Crippen LogP contribution in [0.4, 0.5) is 0 Å². The summed E-state index contributed by atoms with van der Waals surface area (Å²) in [5.74, 6) is 0.586. The highest BCUT2D eigenvalue weighted by Gasteiger charge is 2.44. The number of hydrogen-bond donors (Lipinski definition) is 1. The lowest BCUT2D eigenvalue weighted by atomic mass is 10.0. The van der Waals surface area contributed by atoms with Gasteiger partial charge in [0.25, 0.3) is 0 Å². The second-order valence-corrected chi connectivity index (χ2v) is 8.54. The van der Waals surface area contributed by atoms with E-state index in [0.29, 0.717) is 25.4 Å². The molecular weight excluding hydrogens is 312 g/mol. The molecule has 2 unspecified atom stereocenters. The van der Waals surface area contributed by atoms with Gasteiger partial charge in [-0.15, -0.1) is 0 Å². The summed E-state index contributed by atoms with van der Waals surface area (Å²) >= 11 is 0. The molecule has 6 heteroatoms. The van der Waals surface area contributed by atoms with Crippen molar-refractivity contribution in [2.75, 3.05) is 25.9 Å². The third-order valence-electron chi connectivity index (χ3n) is 4.50. The standard InChI is InChI=1S/C17H26N2O3S/c1-4-23(21,22)19(3)11-7-10-18-17(20)16-12-15(16)14-9-6-5-8-13(14)2/h5-6,8-9,15-16H,4,7,10-12H2,1-3H3,(H,18,20). The summed E-state index contributed by atoms with van der Waals surface area (Å²) in [4.78, 5) is 12.2. The lowest BCUT2D eigenvalue weighted by Gasteiger charge is -2.15. The number of benzene rings is 1. The summed E-state index contributed by atoms with van der Waals surface area (Å²) in [5, 5.41) is 2.93. The molecule has 1 aromatic rings. The van der Waals surface area contributed by atoms with E-state index in [1.54, 1.807) is 14.0 Å². The van der Waals surface area contributed by atoms with E-state index in [0.717, 1.165) is 6.42 Å². The molecule has 0 aromatic heterocycles. The fraction of sp³-hybridized carbons (Fsp3) is 0.588. The highest BCUT2D eigenvalue weighted by Crippen LogP contribution is 2.48. The molecule has 0 heterocycles. The van der Waals surface area contributed by atoms with Crippen molar-refractivity contribution in [1.82, 2.24) is 9.62 Å². The van der Waals surface area contributed by atoms with Crippen LogP contribution in [0.15, 0.2) is 24.3 Å². The van der Waals surface area contributed by atoms with E-state index in [9.17, 15) is 13.2 Å². The van der Waals surface area contributed by atoms with Gasteiger partial charge >= 0.3 is 0 Å². The van der Waals surface area contributed by atoms with Crippen molar-refractivity contribution in [3.05, 3.63) is 35.4 Å². The van der Waals surface area contributed by atoms with E-state index in [1.165, 1.54) is 15.4 Å². The maximum absolute atomic E-state index is 12.2. The number of nitrogens with zero attached hydrogens (tertiary/aromatic N) is 1. The van der Waals surface area contributed by atoms with Gasteiger partial charge < -0.3 is 5.32 Å². The van der Waals surface area contributed by atoms with Gasteiger partial charge in [0.15, 0.2) is 0 Å². The number of sulfonamides is 1. The van der Waals surface area contributed by atoms with Crippen LogP contribution in [0.1, 0.15) is 36.8 Å². The topological polar surface area (TPSA) is 66.5 Å². The molecule has 128 valence electrons. The van der Waals surface area contributed by atoms with Crippen LogP contribution in [0.2, 0.25) is 0 Å². The number of amides is 1. The first-order valence-corrected chi connectivity index (χ1v) is 9.75. The fourth-order valence-electron chi connectivity index (χ4n) is 2.84. The Kier molecular flexibility index (Phi) is 5.81. The van der Waals surface area contributed by atoms with E-state index in [-0.39, 0.29) is 17.6 Å². The van der Waals surface area contributed by atoms with Crippen molar-refractivity contribution in [3.63, 3.8) is 0 Å². The molecule has 0 radical (unpaired) electrons. The number of carbonyl (C=O) groups excluding carboxylic acids is 1. The highest BCUT2D eigenvalue weighted by atomic mass is 32.2. The van der Waals surface area contributed by atoms with Crippen LogP contribution in [0, 0.1) is 12.8 Å². The van der Waals surface area contributed by atoms with Gasteiger partial charge in [0, 0.05) is 26.1 Å². The first-order valence-electron chi connectivity index (χ1n) is 8.14. The predicted octanol–water partition coefficient (Wildman–Crippen LogP) is 1.89. The van der Waals surface area contributed by atoms with Crippen molar-refractivity contribution >= 4 is 15.9 Å². The minimum atomic E-state index is -3.13. The summed E-state index contributed by atoms with van der Waals surface area (Å²) in [5.41, 5.74) is 2.50. The van der Waals surface area contributed by atoms with Crippen molar-refractivity contribution in [1.29, 1.82) is 0 Å². The summed E-state index contributed by atoms with van der Waals surface area (Å²) < 4.78 is 24.6. The Labute approximate surface area is 139 Å². The van der Waals surface area contributed by atoms with Crippen LogP contribution in [0.5, 0.6) is 0 Å². The second kappa shape index (κ2) is 7.45. The third-order valence-corrected chi connectivity index (χ3v) is 6.37. The molecule has 2 atom stereocenters. The Balaban J connectivity index is 1.72. The molecular formula is C17H26N2O3S. The molecule has 0 saturated heterocycles. The monoisotopic (exact) mass is 338 g/mol. The lowest BCUT2D eigenvalue weighted by Crippen LogP contribution is -2.33. The largest absolute Gasteiger partial charge is 0.356 e. The van der Waals surface area contributed by atoms with Gasteiger partial charge in [0.2, 0.25) is 15.9 Å². The molecule has 1 saturated carbocycles. The molecule has 5 nitrogen and oxygen atoms in total. The highest BCUT2D eigenvalue weighted by molar-refractivity contribution is 7.89.